The van der Waals surface area contributed by atoms with Crippen LogP contribution in [0, 0.1) is 0 Å². The summed E-state index contributed by atoms with van der Waals surface area (Å²) in [7, 11) is 0. The third-order valence-electron chi connectivity index (χ3n) is 0.808. The summed E-state index contributed by atoms with van der Waals surface area (Å²) in [6.07, 6.45) is 3.64. The highest BCUT2D eigenvalue weighted by atomic mass is 32.2. The fourth-order valence-electron chi connectivity index (χ4n) is 0.452. The zero-order valence-corrected chi connectivity index (χ0v) is 5.71. The fraction of sp³-hybridized carbons (Fsp3) is 0.200. The molecule has 0 radical (unpaired) electrons. The Morgan fingerprint density at radius 3 is 3.22 bits per heavy atom. The van der Waals surface area contributed by atoms with Crippen LogP contribution in [0.3, 0.4) is 0 Å². The van der Waals surface area contributed by atoms with E-state index < -0.39 is 0 Å². The van der Waals surface area contributed by atoms with Gasteiger partial charge >= 0.3 is 0 Å². The number of nitrogens with zero attached hydrogens (tertiary/aromatic N) is 3. The Morgan fingerprint density at radius 2 is 2.67 bits per heavy atom. The van der Waals surface area contributed by atoms with E-state index in [4.69, 9.17) is 0 Å². The lowest BCUT2D eigenvalue weighted by Crippen LogP contribution is -2.08. The van der Waals surface area contributed by atoms with Crippen LogP contribution in [0.1, 0.15) is 0 Å². The second-order valence-electron chi connectivity index (χ2n) is 1.47. The van der Waals surface area contributed by atoms with Gasteiger partial charge in [0.05, 0.1) is 6.54 Å². The van der Waals surface area contributed by atoms with Gasteiger partial charge in [0.1, 0.15) is 0 Å². The molecule has 0 fully saturated rings. The third kappa shape index (κ3) is 1.89. The summed E-state index contributed by atoms with van der Waals surface area (Å²) in [5.41, 5.74) is 0. The van der Waals surface area contributed by atoms with Crippen molar-refractivity contribution in [3.63, 3.8) is 0 Å². The molecule has 0 aromatic rings. The largest absolute Gasteiger partial charge is 0.249 e. The highest BCUT2D eigenvalue weighted by Gasteiger charge is 1.94. The van der Waals surface area contributed by atoms with E-state index in [1.54, 1.807) is 11.1 Å². The first-order chi connectivity index (χ1) is 4.43. The molecular weight excluding hydrogens is 134 g/mol. The second-order valence-corrected chi connectivity index (χ2v) is 2.12. The average Bonchev–Trinajstić information content (AvgIpc) is 1.91. The maximum absolute atomic E-state index is 3.78. The monoisotopic (exact) mass is 141 g/mol. The van der Waals surface area contributed by atoms with Crippen molar-refractivity contribution in [3.8, 4) is 0 Å². The van der Waals surface area contributed by atoms with Crippen LogP contribution >= 0.6 is 11.9 Å². The van der Waals surface area contributed by atoms with Crippen molar-refractivity contribution in [1.29, 1.82) is 0 Å². The molecule has 0 amide bonds. The predicted octanol–water partition coefficient (Wildman–Crippen LogP) is 1.97. The topological polar surface area (TPSA) is 28.0 Å². The molecule has 0 aromatic carbocycles. The Labute approximate surface area is 58.2 Å². The molecule has 0 bridgehead atoms. The van der Waals surface area contributed by atoms with Crippen LogP contribution in [0.25, 0.3) is 0 Å². The SMILES string of the molecule is C=CCN1C=CSN=N1. The van der Waals surface area contributed by atoms with Gasteiger partial charge in [-0.1, -0.05) is 15.8 Å². The summed E-state index contributed by atoms with van der Waals surface area (Å²) < 4.78 is 3.71. The third-order valence-corrected chi connectivity index (χ3v) is 1.22. The van der Waals surface area contributed by atoms with Crippen molar-refractivity contribution in [1.82, 2.24) is 5.01 Å². The van der Waals surface area contributed by atoms with Crippen molar-refractivity contribution in [3.05, 3.63) is 24.3 Å². The van der Waals surface area contributed by atoms with Crippen LogP contribution in [-0.2, 0) is 0 Å². The molecule has 0 atom stereocenters. The van der Waals surface area contributed by atoms with Crippen LogP contribution in [-0.4, -0.2) is 11.6 Å². The molecule has 0 aromatic heterocycles. The number of hydrogen-bond acceptors (Lipinski definition) is 4. The Kier molecular flexibility index (Phi) is 2.32. The van der Waals surface area contributed by atoms with E-state index in [0.29, 0.717) is 0 Å². The van der Waals surface area contributed by atoms with Crippen molar-refractivity contribution in [2.24, 2.45) is 9.74 Å². The summed E-state index contributed by atoms with van der Waals surface area (Å²) in [6.45, 7) is 4.29. The van der Waals surface area contributed by atoms with Crippen LogP contribution in [0.15, 0.2) is 34.0 Å². The van der Waals surface area contributed by atoms with Crippen molar-refractivity contribution < 1.29 is 0 Å². The first-order valence-corrected chi connectivity index (χ1v) is 3.38. The smallest absolute Gasteiger partial charge is 0.0604 e. The van der Waals surface area contributed by atoms with Gasteiger partial charge in [0.25, 0.3) is 0 Å². The highest BCUT2D eigenvalue weighted by Crippen LogP contribution is 2.12. The van der Waals surface area contributed by atoms with E-state index in [1.165, 1.54) is 11.9 Å². The normalized spacial score (nSPS) is 16.2. The van der Waals surface area contributed by atoms with Gasteiger partial charge < -0.3 is 0 Å². The molecule has 0 spiro atoms. The maximum atomic E-state index is 3.78. The van der Waals surface area contributed by atoms with E-state index in [-0.39, 0.29) is 0 Å². The molecule has 0 aliphatic carbocycles. The quantitative estimate of drug-likeness (QED) is 0.434. The molecule has 1 rings (SSSR count). The van der Waals surface area contributed by atoms with Crippen LogP contribution < -0.4 is 0 Å². The molecule has 1 aliphatic rings. The van der Waals surface area contributed by atoms with Gasteiger partial charge in [-0.05, 0) is 0 Å². The molecule has 0 saturated heterocycles. The fourth-order valence-corrected chi connectivity index (χ4v) is 0.837. The van der Waals surface area contributed by atoms with E-state index in [1.807, 2.05) is 11.6 Å². The van der Waals surface area contributed by atoms with E-state index in [9.17, 15) is 0 Å². The van der Waals surface area contributed by atoms with Crippen LogP contribution in [0.2, 0.25) is 0 Å². The maximum Gasteiger partial charge on any atom is 0.0604 e. The summed E-state index contributed by atoms with van der Waals surface area (Å²) in [6, 6.07) is 0. The van der Waals surface area contributed by atoms with Crippen molar-refractivity contribution in [2.75, 3.05) is 6.54 Å². The van der Waals surface area contributed by atoms with Gasteiger partial charge in [-0.15, -0.1) is 6.58 Å². The molecule has 9 heavy (non-hydrogen) atoms. The molecule has 0 N–H and O–H groups in total. The Morgan fingerprint density at radius 1 is 1.78 bits per heavy atom. The van der Waals surface area contributed by atoms with Crippen LogP contribution in [0.4, 0.5) is 0 Å². The van der Waals surface area contributed by atoms with Gasteiger partial charge in [0.2, 0.25) is 0 Å². The summed E-state index contributed by atoms with van der Waals surface area (Å²) in [4.78, 5) is 0. The predicted molar refractivity (Wildman–Crippen MR) is 38.5 cm³/mol. The van der Waals surface area contributed by atoms with Gasteiger partial charge in [-0.2, -0.15) is 0 Å². The molecule has 3 nitrogen and oxygen atoms in total. The molecule has 1 aliphatic heterocycles. The first kappa shape index (κ1) is 6.35. The zero-order valence-electron chi connectivity index (χ0n) is 4.90. The zero-order chi connectivity index (χ0) is 6.53. The Bertz CT molecular complexity index is 140. The minimum atomic E-state index is 0.723. The van der Waals surface area contributed by atoms with Gasteiger partial charge in [0.15, 0.2) is 0 Å². The lowest BCUT2D eigenvalue weighted by molar-refractivity contribution is 0.418. The van der Waals surface area contributed by atoms with Crippen molar-refractivity contribution >= 4 is 11.9 Å². The Hall–Kier alpha value is -0.770. The molecule has 0 saturated carbocycles. The highest BCUT2D eigenvalue weighted by molar-refractivity contribution is 8.00. The lowest BCUT2D eigenvalue weighted by Gasteiger charge is -2.10. The average molecular weight is 141 g/mol. The van der Waals surface area contributed by atoms with E-state index >= 15 is 0 Å². The van der Waals surface area contributed by atoms with Crippen molar-refractivity contribution in [2.45, 2.75) is 0 Å². The molecule has 0 unspecified atom stereocenters. The van der Waals surface area contributed by atoms with Gasteiger partial charge in [-0.3, -0.25) is 0 Å². The summed E-state index contributed by atoms with van der Waals surface area (Å²) >= 11 is 1.33. The second kappa shape index (κ2) is 3.29. The molecule has 48 valence electrons. The molecular formula is C5H7N3S. The first-order valence-electron chi connectivity index (χ1n) is 2.54. The number of hydrogen-bond donors (Lipinski definition) is 0. The molecule has 4 heteroatoms. The standard InChI is InChI=1S/C5H7N3S/c1-2-3-8-4-5-9-7-6-8/h2,4-5H,1,3H2. The number of rotatable bonds is 2. The lowest BCUT2D eigenvalue weighted by atomic mass is 10.6. The van der Waals surface area contributed by atoms with Crippen LogP contribution in [0.5, 0.6) is 0 Å². The summed E-state index contributed by atoms with van der Waals surface area (Å²) in [5.74, 6) is 0. The van der Waals surface area contributed by atoms with Gasteiger partial charge in [0, 0.05) is 23.6 Å². The molecule has 1 heterocycles. The minimum Gasteiger partial charge on any atom is -0.249 e. The minimum absolute atomic E-state index is 0.723. The van der Waals surface area contributed by atoms with Gasteiger partial charge in [-0.25, -0.2) is 5.01 Å². The summed E-state index contributed by atoms with van der Waals surface area (Å²) in [5, 5.41) is 7.37. The Balaban J connectivity index is 2.39. The van der Waals surface area contributed by atoms with E-state index in [2.05, 4.69) is 16.3 Å². The van der Waals surface area contributed by atoms with E-state index in [0.717, 1.165) is 6.54 Å².